The van der Waals surface area contributed by atoms with Gasteiger partial charge in [-0.2, -0.15) is 5.26 Å². The van der Waals surface area contributed by atoms with Crippen molar-refractivity contribution in [1.29, 1.82) is 5.26 Å². The number of hydrogen-bond donors (Lipinski definition) is 0. The molecule has 0 amide bonds. The van der Waals surface area contributed by atoms with Crippen molar-refractivity contribution in [3.63, 3.8) is 0 Å². The van der Waals surface area contributed by atoms with Gasteiger partial charge in [-0.3, -0.25) is 0 Å². The fourth-order valence-corrected chi connectivity index (χ4v) is 0.429. The predicted molar refractivity (Wildman–Crippen MR) is 36.1 cm³/mol. The second-order valence-electron chi connectivity index (χ2n) is 1.33. The number of aromatic nitrogens is 1. The molecule has 3 heteroatoms. The van der Waals surface area contributed by atoms with Gasteiger partial charge >= 0.3 is 18.9 Å². The van der Waals surface area contributed by atoms with Crippen LogP contribution < -0.4 is 0 Å². The second kappa shape index (κ2) is 4.15. The Kier molecular flexibility index (Phi) is 3.80. The topological polar surface area (TPSA) is 36.7 Å². The Bertz CT molecular complexity index is 202. The molecule has 1 rings (SSSR count). The summed E-state index contributed by atoms with van der Waals surface area (Å²) in [5, 5.41) is 8.23. The molecule has 0 spiro atoms. The molecule has 0 N–H and O–H groups in total. The van der Waals surface area contributed by atoms with Crippen molar-refractivity contribution in [3.05, 3.63) is 30.1 Å². The van der Waals surface area contributed by atoms with Crippen LogP contribution in [0.15, 0.2) is 24.4 Å². The van der Waals surface area contributed by atoms with Gasteiger partial charge in [0.2, 0.25) is 0 Å². The van der Waals surface area contributed by atoms with Crippen LogP contribution in [0.3, 0.4) is 0 Å². The van der Waals surface area contributed by atoms with Gasteiger partial charge in [-0.25, -0.2) is 4.98 Å². The van der Waals surface area contributed by atoms with Crippen molar-refractivity contribution < 1.29 is 0 Å². The summed E-state index contributed by atoms with van der Waals surface area (Å²) >= 11 is 0. The molecule has 0 aliphatic rings. The molecule has 0 saturated carbocycles. The van der Waals surface area contributed by atoms with E-state index in [0.29, 0.717) is 5.69 Å². The third-order valence-electron chi connectivity index (χ3n) is 0.779. The van der Waals surface area contributed by atoms with Crippen molar-refractivity contribution in [2.75, 3.05) is 0 Å². The summed E-state index contributed by atoms with van der Waals surface area (Å²) in [7, 11) is 0. The molecule has 0 aromatic carbocycles. The minimum atomic E-state index is 0. The average Bonchev–Trinajstić information content (AvgIpc) is 1.90. The molecule has 0 aliphatic carbocycles. The van der Waals surface area contributed by atoms with E-state index in [0.717, 1.165) is 0 Å². The number of hydrogen-bond acceptors (Lipinski definition) is 2. The maximum atomic E-state index is 8.23. The van der Waals surface area contributed by atoms with Crippen LogP contribution in [-0.2, 0) is 0 Å². The molecule has 2 nitrogen and oxygen atoms in total. The number of nitriles is 1. The van der Waals surface area contributed by atoms with Crippen molar-refractivity contribution in [3.8, 4) is 6.07 Å². The minimum absolute atomic E-state index is 0. The van der Waals surface area contributed by atoms with Gasteiger partial charge < -0.3 is 0 Å². The standard InChI is InChI=1S/C6H4N2.Li.H/c7-5-6-3-1-2-4-8-6;;/h1-4H;;. The van der Waals surface area contributed by atoms with Crippen molar-refractivity contribution in [2.45, 2.75) is 0 Å². The van der Waals surface area contributed by atoms with E-state index in [2.05, 4.69) is 4.98 Å². The van der Waals surface area contributed by atoms with E-state index in [4.69, 9.17) is 5.26 Å². The summed E-state index contributed by atoms with van der Waals surface area (Å²) in [5.74, 6) is 0. The van der Waals surface area contributed by atoms with E-state index in [1.807, 2.05) is 6.07 Å². The van der Waals surface area contributed by atoms with E-state index >= 15 is 0 Å². The van der Waals surface area contributed by atoms with Gasteiger partial charge in [0.05, 0.1) is 0 Å². The normalized spacial score (nSPS) is 7.00. The number of rotatable bonds is 0. The first-order chi connectivity index (χ1) is 3.93. The summed E-state index contributed by atoms with van der Waals surface area (Å²) in [4.78, 5) is 3.74. The van der Waals surface area contributed by atoms with Gasteiger partial charge in [-0.05, 0) is 12.1 Å². The van der Waals surface area contributed by atoms with Crippen LogP contribution in [0.25, 0.3) is 0 Å². The van der Waals surface area contributed by atoms with E-state index in [1.165, 1.54) is 0 Å². The monoisotopic (exact) mass is 112 g/mol. The quantitative estimate of drug-likeness (QED) is 0.453. The molecule has 0 atom stereocenters. The molecule has 1 aromatic rings. The molecular weight excluding hydrogens is 107 g/mol. The first kappa shape index (κ1) is 8.24. The van der Waals surface area contributed by atoms with Crippen LogP contribution >= 0.6 is 0 Å². The summed E-state index contributed by atoms with van der Waals surface area (Å²) in [5.41, 5.74) is 0.465. The maximum absolute atomic E-state index is 8.23. The third kappa shape index (κ3) is 2.33. The zero-order chi connectivity index (χ0) is 5.82. The molecule has 0 radical (unpaired) electrons. The number of nitrogens with zero attached hydrogens (tertiary/aromatic N) is 2. The van der Waals surface area contributed by atoms with Gasteiger partial charge in [0, 0.05) is 6.20 Å². The third-order valence-corrected chi connectivity index (χ3v) is 0.779. The van der Waals surface area contributed by atoms with Crippen molar-refractivity contribution >= 4 is 18.9 Å². The summed E-state index contributed by atoms with van der Waals surface area (Å²) in [6.45, 7) is 0. The Morgan fingerprint density at radius 1 is 1.44 bits per heavy atom. The molecule has 9 heavy (non-hydrogen) atoms. The molecule has 0 unspecified atom stereocenters. The molecule has 1 heterocycles. The fourth-order valence-electron chi connectivity index (χ4n) is 0.429. The first-order valence-electron chi connectivity index (χ1n) is 2.24. The number of pyridine rings is 1. The Morgan fingerprint density at radius 2 is 2.22 bits per heavy atom. The molecule has 0 fully saturated rings. The average molecular weight is 112 g/mol. The fraction of sp³-hybridized carbons (Fsp3) is 0. The van der Waals surface area contributed by atoms with Gasteiger partial charge in [-0.1, -0.05) is 6.07 Å². The summed E-state index contributed by atoms with van der Waals surface area (Å²) < 4.78 is 0. The molecule has 0 saturated heterocycles. The predicted octanol–water partition coefficient (Wildman–Crippen LogP) is 0.305. The van der Waals surface area contributed by atoms with E-state index in [-0.39, 0.29) is 18.9 Å². The van der Waals surface area contributed by atoms with Crippen molar-refractivity contribution in [2.24, 2.45) is 0 Å². The Balaban J connectivity index is 0.000000640. The Morgan fingerprint density at radius 3 is 2.56 bits per heavy atom. The van der Waals surface area contributed by atoms with Crippen LogP contribution in [0.5, 0.6) is 0 Å². The van der Waals surface area contributed by atoms with Crippen LogP contribution in [0, 0.1) is 11.3 Å². The molecule has 1 aromatic heterocycles. The molecule has 40 valence electrons. The van der Waals surface area contributed by atoms with Crippen LogP contribution in [0.1, 0.15) is 5.69 Å². The van der Waals surface area contributed by atoms with Crippen LogP contribution in [0.2, 0.25) is 0 Å². The Hall–Kier alpha value is -0.763. The zero-order valence-electron chi connectivity index (χ0n) is 4.20. The van der Waals surface area contributed by atoms with Gasteiger partial charge in [-0.15, -0.1) is 0 Å². The summed E-state index contributed by atoms with van der Waals surface area (Å²) in [6.07, 6.45) is 1.60. The van der Waals surface area contributed by atoms with E-state index in [9.17, 15) is 0 Å². The second-order valence-corrected chi connectivity index (χ2v) is 1.33. The van der Waals surface area contributed by atoms with E-state index in [1.54, 1.807) is 24.4 Å². The SMILES string of the molecule is N#Cc1ccccn1.[LiH]. The first-order valence-corrected chi connectivity index (χ1v) is 2.24. The van der Waals surface area contributed by atoms with Gasteiger partial charge in [0.25, 0.3) is 0 Å². The van der Waals surface area contributed by atoms with Crippen LogP contribution in [0.4, 0.5) is 0 Å². The van der Waals surface area contributed by atoms with Gasteiger partial charge in [0.1, 0.15) is 11.8 Å². The summed E-state index contributed by atoms with van der Waals surface area (Å²) in [6, 6.07) is 7.14. The molecule has 0 bridgehead atoms. The van der Waals surface area contributed by atoms with Gasteiger partial charge in [0.15, 0.2) is 0 Å². The molecular formula is C6H5LiN2. The molecule has 0 aliphatic heterocycles. The van der Waals surface area contributed by atoms with Crippen LogP contribution in [-0.4, -0.2) is 23.8 Å². The zero-order valence-corrected chi connectivity index (χ0v) is 4.20. The Labute approximate surface area is 65.7 Å². The van der Waals surface area contributed by atoms with E-state index < -0.39 is 0 Å². The van der Waals surface area contributed by atoms with Crippen molar-refractivity contribution in [1.82, 2.24) is 4.98 Å².